The third-order valence-electron chi connectivity index (χ3n) is 2.60. The molecule has 0 saturated carbocycles. The third kappa shape index (κ3) is 3.62. The molecule has 6 nitrogen and oxygen atoms in total. The summed E-state index contributed by atoms with van der Waals surface area (Å²) in [6, 6.07) is 3.71. The van der Waals surface area contributed by atoms with Crippen molar-refractivity contribution in [2.75, 3.05) is 5.75 Å². The number of aromatic nitrogens is 4. The summed E-state index contributed by atoms with van der Waals surface area (Å²) in [6.45, 7) is 6.05. The van der Waals surface area contributed by atoms with Gasteiger partial charge in [0.15, 0.2) is 11.0 Å². The molecule has 2 heterocycles. The number of nitrogens with zero attached hydrogens (tertiary/aromatic N) is 4. The van der Waals surface area contributed by atoms with Crippen molar-refractivity contribution in [2.24, 2.45) is 0 Å². The Kier molecular flexibility index (Phi) is 4.67. The molecule has 8 heteroatoms. The van der Waals surface area contributed by atoms with Crippen molar-refractivity contribution < 1.29 is 9.90 Å². The van der Waals surface area contributed by atoms with Crippen molar-refractivity contribution in [3.63, 3.8) is 0 Å². The Morgan fingerprint density at radius 2 is 2.14 bits per heavy atom. The van der Waals surface area contributed by atoms with Crippen LogP contribution in [0.5, 0.6) is 0 Å². The molecule has 0 saturated heterocycles. The van der Waals surface area contributed by atoms with Gasteiger partial charge in [-0.15, -0.1) is 10.2 Å². The van der Waals surface area contributed by atoms with E-state index in [0.717, 1.165) is 16.2 Å². The summed E-state index contributed by atoms with van der Waals surface area (Å²) in [5.74, 6) is -0.329. The van der Waals surface area contributed by atoms with Crippen molar-refractivity contribution >= 4 is 33.7 Å². The fraction of sp³-hybridized carbons (Fsp3) is 0.385. The number of aliphatic carboxylic acids is 1. The van der Waals surface area contributed by atoms with Crippen molar-refractivity contribution in [3.05, 3.63) is 22.8 Å². The molecule has 0 bridgehead atoms. The SMILES string of the molecule is CC(C)(C)n1c(SCC(=O)O)nnc1-c1ncccc1Br. The Morgan fingerprint density at radius 1 is 1.43 bits per heavy atom. The molecule has 0 spiro atoms. The van der Waals surface area contributed by atoms with Gasteiger partial charge < -0.3 is 5.11 Å². The fourth-order valence-electron chi connectivity index (χ4n) is 1.80. The number of carboxylic acid groups (broad SMARTS) is 1. The lowest BCUT2D eigenvalue weighted by Crippen LogP contribution is -2.24. The highest BCUT2D eigenvalue weighted by Gasteiger charge is 2.26. The van der Waals surface area contributed by atoms with Gasteiger partial charge in [-0.1, -0.05) is 11.8 Å². The first-order chi connectivity index (χ1) is 9.80. The number of carbonyl (C=O) groups is 1. The Bertz CT molecular complexity index is 666. The van der Waals surface area contributed by atoms with Crippen LogP contribution in [0, 0.1) is 0 Å². The molecule has 2 rings (SSSR count). The van der Waals surface area contributed by atoms with E-state index in [4.69, 9.17) is 5.11 Å². The van der Waals surface area contributed by atoms with Gasteiger partial charge in [-0.05, 0) is 48.8 Å². The number of hydrogen-bond acceptors (Lipinski definition) is 5. The van der Waals surface area contributed by atoms with Gasteiger partial charge in [-0.2, -0.15) is 0 Å². The van der Waals surface area contributed by atoms with Crippen LogP contribution in [-0.4, -0.2) is 36.6 Å². The second kappa shape index (κ2) is 6.15. The molecule has 2 aromatic rings. The smallest absolute Gasteiger partial charge is 0.313 e. The molecule has 0 amide bonds. The summed E-state index contributed by atoms with van der Waals surface area (Å²) >= 11 is 4.61. The van der Waals surface area contributed by atoms with Crippen LogP contribution in [0.1, 0.15) is 20.8 Å². The zero-order valence-corrected chi connectivity index (χ0v) is 14.3. The minimum absolute atomic E-state index is 0.0579. The van der Waals surface area contributed by atoms with Gasteiger partial charge in [0.2, 0.25) is 0 Å². The van der Waals surface area contributed by atoms with E-state index >= 15 is 0 Å². The molecule has 0 atom stereocenters. The van der Waals surface area contributed by atoms with Crippen LogP contribution in [0.15, 0.2) is 28.0 Å². The highest BCUT2D eigenvalue weighted by molar-refractivity contribution is 9.10. The lowest BCUT2D eigenvalue weighted by atomic mass is 10.1. The van der Waals surface area contributed by atoms with Crippen molar-refractivity contribution in [2.45, 2.75) is 31.5 Å². The average molecular weight is 371 g/mol. The van der Waals surface area contributed by atoms with Gasteiger partial charge in [-0.25, -0.2) is 0 Å². The Hall–Kier alpha value is -1.41. The number of hydrogen-bond donors (Lipinski definition) is 1. The molecular formula is C13H15BrN4O2S. The zero-order valence-electron chi connectivity index (χ0n) is 11.9. The lowest BCUT2D eigenvalue weighted by Gasteiger charge is -2.24. The Morgan fingerprint density at radius 3 is 2.71 bits per heavy atom. The Labute approximate surface area is 135 Å². The van der Waals surface area contributed by atoms with Crippen LogP contribution in [-0.2, 0) is 10.3 Å². The maximum Gasteiger partial charge on any atom is 0.313 e. The lowest BCUT2D eigenvalue weighted by molar-refractivity contribution is -0.133. The van der Waals surface area contributed by atoms with E-state index in [0.29, 0.717) is 16.7 Å². The van der Waals surface area contributed by atoms with Gasteiger partial charge in [0, 0.05) is 16.2 Å². The summed E-state index contributed by atoms with van der Waals surface area (Å²) in [6.07, 6.45) is 1.69. The number of thioether (sulfide) groups is 1. The predicted octanol–water partition coefficient (Wildman–Crippen LogP) is 3.03. The highest BCUT2D eigenvalue weighted by atomic mass is 79.9. The van der Waals surface area contributed by atoms with Crippen LogP contribution < -0.4 is 0 Å². The minimum atomic E-state index is -0.885. The summed E-state index contributed by atoms with van der Waals surface area (Å²) in [5, 5.41) is 17.7. The van der Waals surface area contributed by atoms with E-state index in [1.165, 1.54) is 0 Å². The molecular weight excluding hydrogens is 356 g/mol. The predicted molar refractivity (Wildman–Crippen MR) is 84.3 cm³/mol. The normalized spacial score (nSPS) is 11.6. The van der Waals surface area contributed by atoms with Crippen molar-refractivity contribution in [1.82, 2.24) is 19.7 Å². The van der Waals surface area contributed by atoms with E-state index in [9.17, 15) is 4.79 Å². The van der Waals surface area contributed by atoms with Gasteiger partial charge in [0.05, 0.1) is 5.75 Å². The number of rotatable bonds is 4. The molecule has 0 radical (unpaired) electrons. The van der Waals surface area contributed by atoms with Gasteiger partial charge in [-0.3, -0.25) is 14.3 Å². The standard InChI is InChI=1S/C13H15BrN4O2S/c1-13(2,3)18-11(10-8(14)5-4-6-15-10)16-17-12(18)21-7-9(19)20/h4-6H,7H2,1-3H3,(H,19,20). The average Bonchev–Trinajstić information content (AvgIpc) is 2.80. The van der Waals surface area contributed by atoms with Crippen molar-refractivity contribution in [3.8, 4) is 11.5 Å². The van der Waals surface area contributed by atoms with E-state index in [1.54, 1.807) is 6.20 Å². The number of carboxylic acids is 1. The molecule has 0 aromatic carbocycles. The molecule has 2 aromatic heterocycles. The molecule has 0 aliphatic carbocycles. The quantitative estimate of drug-likeness (QED) is 0.833. The maximum atomic E-state index is 10.8. The summed E-state index contributed by atoms with van der Waals surface area (Å²) < 4.78 is 2.73. The summed E-state index contributed by atoms with van der Waals surface area (Å²) in [4.78, 5) is 15.1. The van der Waals surface area contributed by atoms with E-state index in [1.807, 2.05) is 37.5 Å². The topological polar surface area (TPSA) is 80.9 Å². The molecule has 21 heavy (non-hydrogen) atoms. The first kappa shape index (κ1) is 16.0. The van der Waals surface area contributed by atoms with Crippen molar-refractivity contribution in [1.29, 1.82) is 0 Å². The molecule has 112 valence electrons. The zero-order chi connectivity index (χ0) is 15.6. The first-order valence-corrected chi connectivity index (χ1v) is 8.00. The maximum absolute atomic E-state index is 10.8. The summed E-state index contributed by atoms with van der Waals surface area (Å²) in [7, 11) is 0. The van der Waals surface area contributed by atoms with Crippen LogP contribution in [0.4, 0.5) is 0 Å². The highest BCUT2D eigenvalue weighted by Crippen LogP contribution is 2.32. The molecule has 0 unspecified atom stereocenters. The molecule has 1 N–H and O–H groups in total. The third-order valence-corrected chi connectivity index (χ3v) is 4.15. The van der Waals surface area contributed by atoms with Gasteiger partial charge >= 0.3 is 5.97 Å². The first-order valence-electron chi connectivity index (χ1n) is 6.22. The van der Waals surface area contributed by atoms with Crippen LogP contribution >= 0.6 is 27.7 Å². The summed E-state index contributed by atoms with van der Waals surface area (Å²) in [5.41, 5.74) is 0.387. The van der Waals surface area contributed by atoms with E-state index < -0.39 is 5.97 Å². The van der Waals surface area contributed by atoms with E-state index in [-0.39, 0.29) is 11.3 Å². The van der Waals surface area contributed by atoms with E-state index in [2.05, 4.69) is 31.1 Å². The van der Waals surface area contributed by atoms with Crippen LogP contribution in [0.2, 0.25) is 0 Å². The molecule has 0 aliphatic rings. The van der Waals surface area contributed by atoms with Crippen LogP contribution in [0.25, 0.3) is 11.5 Å². The molecule has 0 fully saturated rings. The second-order valence-electron chi connectivity index (χ2n) is 5.33. The fourth-order valence-corrected chi connectivity index (χ4v) is 3.07. The number of pyridine rings is 1. The van der Waals surface area contributed by atoms with Crippen LogP contribution in [0.3, 0.4) is 0 Å². The number of halogens is 1. The largest absolute Gasteiger partial charge is 0.481 e. The Balaban J connectivity index is 2.52. The molecule has 0 aliphatic heterocycles. The second-order valence-corrected chi connectivity index (χ2v) is 7.13. The van der Waals surface area contributed by atoms with Gasteiger partial charge in [0.25, 0.3) is 0 Å². The van der Waals surface area contributed by atoms with Gasteiger partial charge in [0.1, 0.15) is 5.69 Å². The monoisotopic (exact) mass is 370 g/mol. The minimum Gasteiger partial charge on any atom is -0.481 e.